The maximum atomic E-state index is 12.2. The molecule has 158 valence electrons. The molecule has 0 heterocycles. The van der Waals surface area contributed by atoms with E-state index in [1.165, 1.54) is 12.1 Å². The van der Waals surface area contributed by atoms with Crippen LogP contribution in [0.2, 0.25) is 0 Å². The summed E-state index contributed by atoms with van der Waals surface area (Å²) in [6.45, 7) is 0.926. The number of carbonyl (C=O) groups is 1. The lowest BCUT2D eigenvalue weighted by molar-refractivity contribution is -0.870. The molecule has 0 radical (unpaired) electrons. The van der Waals surface area contributed by atoms with Crippen LogP contribution in [0, 0.1) is 0 Å². The molecule has 6 nitrogen and oxygen atoms in total. The molecule has 0 saturated carbocycles. The highest BCUT2D eigenvalue weighted by Gasteiger charge is 2.31. The van der Waals surface area contributed by atoms with E-state index in [0.29, 0.717) is 23.7 Å². The first kappa shape index (κ1) is 22.4. The van der Waals surface area contributed by atoms with Gasteiger partial charge in [0.1, 0.15) is 5.75 Å². The monoisotopic (exact) mass is 413 g/mol. The van der Waals surface area contributed by atoms with E-state index >= 15 is 0 Å². The normalized spacial score (nSPS) is 12.2. The SMILES string of the molecule is COc1ccc(CC[NH+](C)CC(=O)Nc2ccc(OC(F)(F)F)cc2)cc1OC. The predicted molar refractivity (Wildman–Crippen MR) is 102 cm³/mol. The Labute approximate surface area is 167 Å². The number of ether oxygens (including phenoxy) is 3. The van der Waals surface area contributed by atoms with Gasteiger partial charge in [0.05, 0.1) is 27.8 Å². The van der Waals surface area contributed by atoms with Crippen LogP contribution >= 0.6 is 0 Å². The van der Waals surface area contributed by atoms with Gasteiger partial charge in [0.15, 0.2) is 18.0 Å². The molecular formula is C20H24F3N2O4+. The fourth-order valence-corrected chi connectivity index (χ4v) is 2.70. The summed E-state index contributed by atoms with van der Waals surface area (Å²) in [5, 5.41) is 2.66. The quantitative estimate of drug-likeness (QED) is 0.662. The van der Waals surface area contributed by atoms with Crippen LogP contribution in [0.25, 0.3) is 0 Å². The number of rotatable bonds is 9. The number of carbonyl (C=O) groups excluding carboxylic acids is 1. The standard InChI is InChI=1S/C20H23F3N2O4/c1-25(11-10-14-4-9-17(27-2)18(12-14)28-3)13-19(26)24-15-5-7-16(8-6-15)29-20(21,22)23/h4-9,12H,10-11,13H2,1-3H3,(H,24,26)/p+1. The van der Waals surface area contributed by atoms with Crippen LogP contribution in [0.3, 0.4) is 0 Å². The average molecular weight is 413 g/mol. The minimum atomic E-state index is -4.75. The minimum absolute atomic E-state index is 0.216. The molecule has 2 aromatic rings. The van der Waals surface area contributed by atoms with Gasteiger partial charge in [0.2, 0.25) is 0 Å². The molecule has 2 rings (SSSR count). The number of alkyl halides is 3. The molecule has 1 amide bonds. The number of hydrogen-bond donors (Lipinski definition) is 2. The summed E-state index contributed by atoms with van der Waals surface area (Å²) < 4.78 is 50.8. The Morgan fingerprint density at radius 2 is 1.69 bits per heavy atom. The highest BCUT2D eigenvalue weighted by molar-refractivity contribution is 5.91. The number of anilines is 1. The van der Waals surface area contributed by atoms with Crippen molar-refractivity contribution in [1.82, 2.24) is 0 Å². The van der Waals surface area contributed by atoms with Gasteiger partial charge >= 0.3 is 6.36 Å². The van der Waals surface area contributed by atoms with Crippen molar-refractivity contribution in [3.8, 4) is 17.2 Å². The summed E-state index contributed by atoms with van der Waals surface area (Å²) in [4.78, 5) is 13.1. The first-order chi connectivity index (χ1) is 13.7. The summed E-state index contributed by atoms with van der Waals surface area (Å²) in [5.74, 6) is 0.730. The van der Waals surface area contributed by atoms with Crippen LogP contribution < -0.4 is 24.4 Å². The summed E-state index contributed by atoms with van der Waals surface area (Å²) in [5.41, 5.74) is 1.46. The molecule has 0 aliphatic carbocycles. The van der Waals surface area contributed by atoms with Gasteiger partial charge in [-0.25, -0.2) is 0 Å². The van der Waals surface area contributed by atoms with Crippen molar-refractivity contribution in [1.29, 1.82) is 0 Å². The zero-order valence-electron chi connectivity index (χ0n) is 16.4. The lowest BCUT2D eigenvalue weighted by atomic mass is 10.1. The Balaban J connectivity index is 1.81. The minimum Gasteiger partial charge on any atom is -0.493 e. The molecule has 1 unspecified atom stereocenters. The van der Waals surface area contributed by atoms with Gasteiger partial charge in [-0.05, 0) is 42.0 Å². The molecule has 0 aliphatic rings. The van der Waals surface area contributed by atoms with Crippen LogP contribution in [-0.4, -0.2) is 46.6 Å². The number of amides is 1. The summed E-state index contributed by atoms with van der Waals surface area (Å²) in [6, 6.07) is 10.7. The van der Waals surface area contributed by atoms with Crippen LogP contribution in [0.15, 0.2) is 42.5 Å². The third-order valence-electron chi connectivity index (χ3n) is 4.12. The Kier molecular flexibility index (Phi) is 7.72. The second kappa shape index (κ2) is 10.0. The van der Waals surface area contributed by atoms with E-state index in [1.807, 2.05) is 25.2 Å². The molecule has 0 aliphatic heterocycles. The van der Waals surface area contributed by atoms with Crippen LogP contribution in [0.4, 0.5) is 18.9 Å². The largest absolute Gasteiger partial charge is 0.573 e. The van der Waals surface area contributed by atoms with Gasteiger partial charge in [0.25, 0.3) is 5.91 Å². The fraction of sp³-hybridized carbons (Fsp3) is 0.350. The molecule has 0 fully saturated rings. The smallest absolute Gasteiger partial charge is 0.493 e. The van der Waals surface area contributed by atoms with Crippen molar-refractivity contribution >= 4 is 11.6 Å². The molecule has 0 aromatic heterocycles. The van der Waals surface area contributed by atoms with Gasteiger partial charge in [-0.2, -0.15) is 0 Å². The molecule has 29 heavy (non-hydrogen) atoms. The number of likely N-dealkylation sites (N-methyl/N-ethyl adjacent to an activating group) is 1. The van der Waals surface area contributed by atoms with Crippen molar-refractivity contribution in [3.63, 3.8) is 0 Å². The van der Waals surface area contributed by atoms with E-state index in [9.17, 15) is 18.0 Å². The van der Waals surface area contributed by atoms with Gasteiger partial charge < -0.3 is 24.4 Å². The second-order valence-corrected chi connectivity index (χ2v) is 6.44. The lowest BCUT2D eigenvalue weighted by Gasteiger charge is -2.15. The van der Waals surface area contributed by atoms with Crippen LogP contribution in [-0.2, 0) is 11.2 Å². The maximum Gasteiger partial charge on any atom is 0.573 e. The highest BCUT2D eigenvalue weighted by Crippen LogP contribution is 2.27. The van der Waals surface area contributed by atoms with Crippen molar-refractivity contribution in [2.45, 2.75) is 12.8 Å². The highest BCUT2D eigenvalue weighted by atomic mass is 19.4. The first-order valence-electron chi connectivity index (χ1n) is 8.88. The topological polar surface area (TPSA) is 61.2 Å². The Hall–Kier alpha value is -2.94. The molecule has 2 aromatic carbocycles. The predicted octanol–water partition coefficient (Wildman–Crippen LogP) is 2.30. The molecule has 0 spiro atoms. The maximum absolute atomic E-state index is 12.2. The average Bonchev–Trinajstić information content (AvgIpc) is 2.66. The number of hydrogen-bond acceptors (Lipinski definition) is 4. The van der Waals surface area contributed by atoms with E-state index in [4.69, 9.17) is 9.47 Å². The zero-order valence-corrected chi connectivity index (χ0v) is 16.4. The van der Waals surface area contributed by atoms with E-state index in [2.05, 4.69) is 10.1 Å². The van der Waals surface area contributed by atoms with Crippen LogP contribution in [0.5, 0.6) is 17.2 Å². The number of halogens is 3. The number of quaternary nitrogens is 1. The molecule has 9 heteroatoms. The molecule has 0 bridgehead atoms. The summed E-state index contributed by atoms with van der Waals surface area (Å²) in [6.07, 6.45) is -4.01. The number of nitrogens with one attached hydrogen (secondary N) is 2. The first-order valence-corrected chi connectivity index (χ1v) is 8.88. The van der Waals surface area contributed by atoms with Gasteiger partial charge in [-0.3, -0.25) is 4.79 Å². The van der Waals surface area contributed by atoms with E-state index in [0.717, 1.165) is 29.0 Å². The molecule has 0 saturated heterocycles. The lowest BCUT2D eigenvalue weighted by Crippen LogP contribution is -3.10. The third-order valence-corrected chi connectivity index (χ3v) is 4.12. The second-order valence-electron chi connectivity index (χ2n) is 6.44. The van der Waals surface area contributed by atoms with Crippen molar-refractivity contribution in [2.75, 3.05) is 39.7 Å². The number of methoxy groups -OCH3 is 2. The van der Waals surface area contributed by atoms with Gasteiger partial charge in [0, 0.05) is 12.1 Å². The zero-order chi connectivity index (χ0) is 21.4. The number of benzene rings is 2. The van der Waals surface area contributed by atoms with E-state index in [-0.39, 0.29) is 18.2 Å². The molecular weight excluding hydrogens is 389 g/mol. The van der Waals surface area contributed by atoms with E-state index < -0.39 is 6.36 Å². The van der Waals surface area contributed by atoms with Crippen LogP contribution in [0.1, 0.15) is 5.56 Å². The van der Waals surface area contributed by atoms with E-state index in [1.54, 1.807) is 14.2 Å². The Morgan fingerprint density at radius 1 is 1.03 bits per heavy atom. The Morgan fingerprint density at radius 3 is 2.28 bits per heavy atom. The third kappa shape index (κ3) is 7.53. The molecule has 2 N–H and O–H groups in total. The van der Waals surface area contributed by atoms with Crippen molar-refractivity contribution < 1.29 is 37.1 Å². The summed E-state index contributed by atoms with van der Waals surface area (Å²) in [7, 11) is 5.04. The van der Waals surface area contributed by atoms with Crippen molar-refractivity contribution in [3.05, 3.63) is 48.0 Å². The summed E-state index contributed by atoms with van der Waals surface area (Å²) >= 11 is 0. The van der Waals surface area contributed by atoms with Gasteiger partial charge in [-0.15, -0.1) is 13.2 Å². The van der Waals surface area contributed by atoms with Crippen molar-refractivity contribution in [2.24, 2.45) is 0 Å². The fourth-order valence-electron chi connectivity index (χ4n) is 2.70. The Bertz CT molecular complexity index is 810. The van der Waals surface area contributed by atoms with Gasteiger partial charge in [-0.1, -0.05) is 6.07 Å². The molecule has 1 atom stereocenters.